The molecule has 4 nitrogen and oxygen atoms in total. The smallest absolute Gasteiger partial charge is 0.0990 e. The van der Waals surface area contributed by atoms with Crippen LogP contribution in [0.3, 0.4) is 0 Å². The van der Waals surface area contributed by atoms with Gasteiger partial charge in [-0.05, 0) is 31.7 Å². The van der Waals surface area contributed by atoms with E-state index in [4.69, 9.17) is 14.2 Å². The first kappa shape index (κ1) is 17.9. The summed E-state index contributed by atoms with van der Waals surface area (Å²) in [6.07, 6.45) is 3.72. The zero-order chi connectivity index (χ0) is 14.8. The van der Waals surface area contributed by atoms with Gasteiger partial charge in [0.25, 0.3) is 0 Å². The third-order valence-electron chi connectivity index (χ3n) is 3.43. The van der Waals surface area contributed by atoms with E-state index in [-0.39, 0.29) is 12.2 Å². The fraction of sp³-hybridized carbons (Fsp3) is 1.00. The number of hydrogen-bond donors (Lipinski definition) is 1. The largest absolute Gasteiger partial charge is 0.379 e. The molecule has 0 bridgehead atoms. The summed E-state index contributed by atoms with van der Waals surface area (Å²) in [6, 6.07) is 0.461. The van der Waals surface area contributed by atoms with Crippen LogP contribution in [0.25, 0.3) is 0 Å². The molecule has 0 radical (unpaired) electrons. The maximum Gasteiger partial charge on any atom is 0.0990 e. The van der Waals surface area contributed by atoms with Crippen molar-refractivity contribution in [3.63, 3.8) is 0 Å². The van der Waals surface area contributed by atoms with E-state index in [1.165, 1.54) is 0 Å². The Morgan fingerprint density at radius 2 is 1.85 bits per heavy atom. The van der Waals surface area contributed by atoms with Crippen LogP contribution < -0.4 is 5.32 Å². The van der Waals surface area contributed by atoms with Gasteiger partial charge in [0.1, 0.15) is 0 Å². The van der Waals surface area contributed by atoms with E-state index in [0.29, 0.717) is 25.2 Å². The number of ether oxygens (including phenoxy) is 3. The molecule has 1 N–H and O–H groups in total. The van der Waals surface area contributed by atoms with Gasteiger partial charge in [-0.1, -0.05) is 27.7 Å². The van der Waals surface area contributed by atoms with Crippen molar-refractivity contribution >= 4 is 0 Å². The minimum atomic E-state index is 0.214. The standard InChI is InChI=1S/C16H33NO3/c1-5-7-17-14-11-15(16(14)20-8-6-2)19-10-9-18-12-13(3)4/h13-17H,5-12H2,1-4H3. The first-order valence-corrected chi connectivity index (χ1v) is 8.23. The molecule has 0 aromatic rings. The summed E-state index contributed by atoms with van der Waals surface area (Å²) in [5.74, 6) is 0.585. The molecule has 1 rings (SSSR count). The molecule has 120 valence electrons. The SMILES string of the molecule is CCCNC1CC(OCCOCC(C)C)C1OCCC. The Bertz CT molecular complexity index is 236. The summed E-state index contributed by atoms with van der Waals surface area (Å²) >= 11 is 0. The van der Waals surface area contributed by atoms with Crippen molar-refractivity contribution in [2.45, 2.75) is 65.2 Å². The quantitative estimate of drug-likeness (QED) is 0.560. The van der Waals surface area contributed by atoms with Gasteiger partial charge in [-0.25, -0.2) is 0 Å². The van der Waals surface area contributed by atoms with Crippen LogP contribution in [0.15, 0.2) is 0 Å². The summed E-state index contributed by atoms with van der Waals surface area (Å²) in [4.78, 5) is 0. The molecule has 1 aliphatic rings. The Labute approximate surface area is 124 Å². The minimum Gasteiger partial charge on any atom is -0.379 e. The molecule has 1 fully saturated rings. The summed E-state index contributed by atoms with van der Waals surface area (Å²) in [6.45, 7) is 12.7. The van der Waals surface area contributed by atoms with Gasteiger partial charge in [0.15, 0.2) is 0 Å². The van der Waals surface area contributed by atoms with Crippen LogP contribution in [0, 0.1) is 5.92 Å². The number of rotatable bonds is 12. The molecule has 0 aliphatic heterocycles. The lowest BCUT2D eigenvalue weighted by molar-refractivity contribution is -0.153. The van der Waals surface area contributed by atoms with E-state index in [1.54, 1.807) is 0 Å². The Balaban J connectivity index is 2.16. The highest BCUT2D eigenvalue weighted by molar-refractivity contribution is 4.97. The van der Waals surface area contributed by atoms with Gasteiger partial charge in [-0.15, -0.1) is 0 Å². The van der Waals surface area contributed by atoms with Gasteiger partial charge < -0.3 is 19.5 Å². The van der Waals surface area contributed by atoms with E-state index >= 15 is 0 Å². The predicted molar refractivity (Wildman–Crippen MR) is 82.1 cm³/mol. The van der Waals surface area contributed by atoms with E-state index in [2.05, 4.69) is 33.0 Å². The first-order valence-electron chi connectivity index (χ1n) is 8.23. The van der Waals surface area contributed by atoms with Crippen molar-refractivity contribution in [1.29, 1.82) is 0 Å². The fourth-order valence-electron chi connectivity index (χ4n) is 2.33. The lowest BCUT2D eigenvalue weighted by Gasteiger charge is -2.44. The fourth-order valence-corrected chi connectivity index (χ4v) is 2.33. The molecule has 0 heterocycles. The van der Waals surface area contributed by atoms with Crippen molar-refractivity contribution in [2.75, 3.05) is 33.0 Å². The Morgan fingerprint density at radius 3 is 2.50 bits per heavy atom. The highest BCUT2D eigenvalue weighted by Crippen LogP contribution is 2.27. The third kappa shape index (κ3) is 6.53. The second-order valence-electron chi connectivity index (χ2n) is 6.01. The van der Waals surface area contributed by atoms with Gasteiger partial charge in [-0.2, -0.15) is 0 Å². The topological polar surface area (TPSA) is 39.7 Å². The van der Waals surface area contributed by atoms with E-state index in [0.717, 1.165) is 39.0 Å². The number of hydrogen-bond acceptors (Lipinski definition) is 4. The maximum atomic E-state index is 5.92. The van der Waals surface area contributed by atoms with Crippen LogP contribution in [0.4, 0.5) is 0 Å². The van der Waals surface area contributed by atoms with Crippen molar-refractivity contribution in [2.24, 2.45) is 5.92 Å². The van der Waals surface area contributed by atoms with Crippen LogP contribution in [-0.4, -0.2) is 51.2 Å². The Morgan fingerprint density at radius 1 is 1.05 bits per heavy atom. The number of nitrogens with one attached hydrogen (secondary N) is 1. The molecule has 4 heteroatoms. The van der Waals surface area contributed by atoms with Gasteiger partial charge >= 0.3 is 0 Å². The highest BCUT2D eigenvalue weighted by atomic mass is 16.6. The van der Waals surface area contributed by atoms with Crippen molar-refractivity contribution in [3.8, 4) is 0 Å². The van der Waals surface area contributed by atoms with Gasteiger partial charge in [-0.3, -0.25) is 0 Å². The van der Waals surface area contributed by atoms with Gasteiger partial charge in [0.05, 0.1) is 25.4 Å². The molecular weight excluding hydrogens is 254 g/mol. The summed E-state index contributed by atoms with van der Waals surface area (Å²) < 4.78 is 17.3. The normalized spacial score (nSPS) is 25.9. The highest BCUT2D eigenvalue weighted by Gasteiger charge is 2.42. The molecule has 0 saturated heterocycles. The molecule has 0 aromatic carbocycles. The monoisotopic (exact) mass is 287 g/mol. The summed E-state index contributed by atoms with van der Waals surface area (Å²) in [5, 5.41) is 3.54. The average molecular weight is 287 g/mol. The second kappa shape index (κ2) is 10.6. The predicted octanol–water partition coefficient (Wildman–Crippen LogP) is 2.61. The summed E-state index contributed by atoms with van der Waals surface area (Å²) in [5.41, 5.74) is 0. The molecule has 0 aromatic heterocycles. The molecule has 1 aliphatic carbocycles. The maximum absolute atomic E-state index is 5.92. The third-order valence-corrected chi connectivity index (χ3v) is 3.43. The molecule has 20 heavy (non-hydrogen) atoms. The first-order chi connectivity index (χ1) is 9.69. The Kier molecular flexibility index (Phi) is 9.44. The Hall–Kier alpha value is -0.160. The lowest BCUT2D eigenvalue weighted by Crippen LogP contribution is -2.60. The van der Waals surface area contributed by atoms with Crippen LogP contribution in [0.5, 0.6) is 0 Å². The lowest BCUT2D eigenvalue weighted by atomic mass is 9.85. The summed E-state index contributed by atoms with van der Waals surface area (Å²) in [7, 11) is 0. The molecule has 1 saturated carbocycles. The molecule has 0 spiro atoms. The van der Waals surface area contributed by atoms with Crippen LogP contribution in [0.1, 0.15) is 47.0 Å². The molecule has 3 unspecified atom stereocenters. The molecule has 3 atom stereocenters. The zero-order valence-corrected chi connectivity index (χ0v) is 13.7. The van der Waals surface area contributed by atoms with E-state index in [1.807, 2.05) is 0 Å². The molecule has 0 amide bonds. The van der Waals surface area contributed by atoms with E-state index < -0.39 is 0 Å². The van der Waals surface area contributed by atoms with Gasteiger partial charge in [0, 0.05) is 19.3 Å². The van der Waals surface area contributed by atoms with Crippen molar-refractivity contribution in [3.05, 3.63) is 0 Å². The zero-order valence-electron chi connectivity index (χ0n) is 13.7. The van der Waals surface area contributed by atoms with Crippen LogP contribution in [0.2, 0.25) is 0 Å². The minimum absolute atomic E-state index is 0.214. The van der Waals surface area contributed by atoms with Crippen molar-refractivity contribution < 1.29 is 14.2 Å². The van der Waals surface area contributed by atoms with Crippen LogP contribution in [-0.2, 0) is 14.2 Å². The van der Waals surface area contributed by atoms with E-state index in [9.17, 15) is 0 Å². The van der Waals surface area contributed by atoms with Crippen LogP contribution >= 0.6 is 0 Å². The second-order valence-corrected chi connectivity index (χ2v) is 6.01. The van der Waals surface area contributed by atoms with Gasteiger partial charge in [0.2, 0.25) is 0 Å². The molecular formula is C16H33NO3. The average Bonchev–Trinajstić information content (AvgIpc) is 2.40. The van der Waals surface area contributed by atoms with Crippen molar-refractivity contribution in [1.82, 2.24) is 5.32 Å².